The van der Waals surface area contributed by atoms with Gasteiger partial charge in [0.05, 0.1) is 10.7 Å². The predicted octanol–water partition coefficient (Wildman–Crippen LogP) is 16.7. The highest BCUT2D eigenvalue weighted by Crippen LogP contribution is 2.58. The highest BCUT2D eigenvalue weighted by atomic mass is 32.1. The zero-order valence-corrected chi connectivity index (χ0v) is 44.7. The van der Waals surface area contributed by atoms with Crippen molar-refractivity contribution in [1.82, 2.24) is 0 Å². The molecule has 2 unspecified atom stereocenters. The maximum absolute atomic E-state index is 7.06. The number of thiophene rings is 1. The van der Waals surface area contributed by atoms with Gasteiger partial charge in [0.25, 0.3) is 6.71 Å². The Hall–Kier alpha value is -5.00. The molecule has 13 rings (SSSR count). The van der Waals surface area contributed by atoms with Gasteiger partial charge in [-0.3, -0.25) is 0 Å². The molecule has 0 amide bonds. The molecular weight excluding hydrogens is 856 g/mol. The van der Waals surface area contributed by atoms with Crippen molar-refractivity contribution in [1.29, 1.82) is 0 Å². The Balaban J connectivity index is 1.19. The summed E-state index contributed by atoms with van der Waals surface area (Å²) in [6.07, 6.45) is 9.81. The molecule has 2 atom stereocenters. The molecule has 2 aliphatic heterocycles. The molecular formula is C64H71BN2OS. The van der Waals surface area contributed by atoms with Crippen LogP contribution in [-0.4, -0.2) is 6.71 Å². The van der Waals surface area contributed by atoms with E-state index in [0.717, 1.165) is 16.9 Å². The van der Waals surface area contributed by atoms with Crippen molar-refractivity contribution in [3.8, 4) is 0 Å². The molecule has 5 heteroatoms. The van der Waals surface area contributed by atoms with Crippen molar-refractivity contribution in [2.75, 3.05) is 9.80 Å². The summed E-state index contributed by atoms with van der Waals surface area (Å²) in [6, 6.07) is 33.9. The van der Waals surface area contributed by atoms with Gasteiger partial charge in [-0.15, -0.1) is 11.3 Å². The van der Waals surface area contributed by atoms with Crippen LogP contribution in [0.4, 0.5) is 22.1 Å². The van der Waals surface area contributed by atoms with Gasteiger partial charge in [-0.25, -0.2) is 0 Å². The zero-order valence-electron chi connectivity index (χ0n) is 43.8. The number of furan rings is 1. The Bertz CT molecular complexity index is 3470. The Morgan fingerprint density at radius 3 is 1.77 bits per heavy atom. The van der Waals surface area contributed by atoms with Gasteiger partial charge in [0.2, 0.25) is 0 Å². The number of fused-ring (bicyclic) bond motifs is 12. The lowest BCUT2D eigenvalue weighted by atomic mass is 9.31. The average Bonchev–Trinajstić information content (AvgIpc) is 3.87. The second-order valence-corrected chi connectivity index (χ2v) is 27.6. The van der Waals surface area contributed by atoms with E-state index in [1.165, 1.54) is 126 Å². The first-order valence-electron chi connectivity index (χ1n) is 26.4. The van der Waals surface area contributed by atoms with Gasteiger partial charge in [-0.2, -0.15) is 0 Å². The fraction of sp³-hybridized carbons (Fsp3) is 0.438. The number of nitrogens with zero attached hydrogens (tertiary/aromatic N) is 2. The van der Waals surface area contributed by atoms with E-state index in [-0.39, 0.29) is 51.0 Å². The smallest absolute Gasteiger partial charge is 0.253 e. The molecule has 2 aromatic heterocycles. The second kappa shape index (κ2) is 13.9. The summed E-state index contributed by atoms with van der Waals surface area (Å²) < 4.78 is 8.48. The van der Waals surface area contributed by atoms with Crippen LogP contribution < -0.4 is 20.7 Å². The standard InChI is InChI=1S/C64H71BN2OS/c1-36-30-51-55-56(37(36)2)67(49-20-17-19-40-39-18-15-16-21-52(39)68-57(40)49)50-34-46-45(62(9,10)27-28-63(46,11)12)33-48(50)65(55)54-41-32-44-47(64(13,14)29-26-61(44,7)8)35-53(41)69-58(54)66(51)38-22-23-42-43(31-38)60(5,6)25-24-59(42,3)4/h15-23,30-37H,24-29H2,1-14H3. The number of hydrogen-bond donors (Lipinski definition) is 0. The van der Waals surface area contributed by atoms with E-state index >= 15 is 0 Å². The predicted molar refractivity (Wildman–Crippen MR) is 297 cm³/mol. The molecule has 0 fully saturated rings. The number of hydrogen-bond acceptors (Lipinski definition) is 4. The van der Waals surface area contributed by atoms with Crippen LogP contribution in [0.15, 0.2) is 112 Å². The molecule has 5 aromatic carbocycles. The van der Waals surface area contributed by atoms with Crippen LogP contribution in [0.3, 0.4) is 0 Å². The van der Waals surface area contributed by atoms with Gasteiger partial charge in [-0.1, -0.05) is 145 Å². The number of anilines is 4. The molecule has 0 radical (unpaired) electrons. The second-order valence-electron chi connectivity index (χ2n) is 26.6. The highest BCUT2D eigenvalue weighted by molar-refractivity contribution is 7.26. The molecule has 0 saturated carbocycles. The van der Waals surface area contributed by atoms with Crippen LogP contribution in [0.25, 0.3) is 32.0 Å². The third-order valence-corrected chi connectivity index (χ3v) is 20.6. The minimum Gasteiger partial charge on any atom is -0.454 e. The van der Waals surface area contributed by atoms with Crippen molar-refractivity contribution >= 4 is 83.1 Å². The SMILES string of the molecule is CC1C=C2C3=C(C1C)N(c1cccc4c1oc1ccccc14)c1cc4c(cc1B3c1c(sc3cc5c(cc13)C(C)(C)CCC5(C)C)N2c1ccc2c(c1)C(C)(C)CCC2(C)C)C(C)(C)CCC4(C)C. The largest absolute Gasteiger partial charge is 0.454 e. The monoisotopic (exact) mass is 927 g/mol. The van der Waals surface area contributed by atoms with Gasteiger partial charge < -0.3 is 14.2 Å². The van der Waals surface area contributed by atoms with Crippen LogP contribution in [0.5, 0.6) is 0 Å². The van der Waals surface area contributed by atoms with Crippen LogP contribution in [-0.2, 0) is 32.5 Å². The quantitative estimate of drug-likeness (QED) is 0.161. The fourth-order valence-corrected chi connectivity index (χ4v) is 15.7. The first-order chi connectivity index (χ1) is 32.5. The van der Waals surface area contributed by atoms with Gasteiger partial charge in [-0.05, 0) is 175 Å². The van der Waals surface area contributed by atoms with Crippen LogP contribution in [0, 0.1) is 11.8 Å². The zero-order chi connectivity index (χ0) is 48.3. The lowest BCUT2D eigenvalue weighted by Gasteiger charge is -2.51. The van der Waals surface area contributed by atoms with E-state index in [1.54, 1.807) is 11.1 Å². The molecule has 3 nitrogen and oxygen atoms in total. The number of rotatable bonds is 2. The molecule has 4 aliphatic carbocycles. The van der Waals surface area contributed by atoms with Crippen molar-refractivity contribution in [2.24, 2.45) is 11.8 Å². The Morgan fingerprint density at radius 1 is 0.536 bits per heavy atom. The van der Waals surface area contributed by atoms with Gasteiger partial charge in [0.15, 0.2) is 5.58 Å². The summed E-state index contributed by atoms with van der Waals surface area (Å²) in [7, 11) is 0. The molecule has 6 aliphatic rings. The maximum atomic E-state index is 7.06. The molecule has 0 saturated heterocycles. The van der Waals surface area contributed by atoms with Crippen LogP contribution >= 0.6 is 11.3 Å². The van der Waals surface area contributed by atoms with E-state index in [4.69, 9.17) is 4.42 Å². The van der Waals surface area contributed by atoms with E-state index in [2.05, 4.69) is 209 Å². The summed E-state index contributed by atoms with van der Waals surface area (Å²) in [5.74, 6) is 0.523. The maximum Gasteiger partial charge on any atom is 0.253 e. The van der Waals surface area contributed by atoms with E-state index in [0.29, 0.717) is 0 Å². The van der Waals surface area contributed by atoms with Crippen molar-refractivity contribution in [2.45, 2.75) is 168 Å². The molecule has 0 N–H and O–H groups in total. The summed E-state index contributed by atoms with van der Waals surface area (Å²) in [5.41, 5.74) is 22.5. The Kier molecular flexibility index (Phi) is 8.86. The molecule has 352 valence electrons. The number of allylic oxidation sites excluding steroid dienone is 3. The summed E-state index contributed by atoms with van der Waals surface area (Å²) in [4.78, 5) is 5.49. The highest BCUT2D eigenvalue weighted by Gasteiger charge is 2.53. The Labute approximate surface area is 416 Å². The van der Waals surface area contributed by atoms with Crippen molar-refractivity contribution < 1.29 is 4.42 Å². The molecule has 69 heavy (non-hydrogen) atoms. The topological polar surface area (TPSA) is 19.6 Å². The molecule has 4 heterocycles. The third kappa shape index (κ3) is 5.98. The number of para-hydroxylation sites is 2. The number of benzene rings is 5. The Morgan fingerprint density at radius 2 is 1.10 bits per heavy atom. The normalized spacial score (nSPS) is 24.1. The molecule has 0 bridgehead atoms. The van der Waals surface area contributed by atoms with Crippen molar-refractivity contribution in [3.63, 3.8) is 0 Å². The van der Waals surface area contributed by atoms with Crippen LogP contribution in [0.2, 0.25) is 0 Å². The van der Waals surface area contributed by atoms with E-state index < -0.39 is 0 Å². The molecule has 0 spiro atoms. The first kappa shape index (κ1) is 44.0. The van der Waals surface area contributed by atoms with E-state index in [1.807, 2.05) is 0 Å². The van der Waals surface area contributed by atoms with Gasteiger partial charge in [0.1, 0.15) is 5.58 Å². The average molecular weight is 927 g/mol. The lowest BCUT2D eigenvalue weighted by molar-refractivity contribution is 0.332. The first-order valence-corrected chi connectivity index (χ1v) is 27.2. The van der Waals surface area contributed by atoms with Gasteiger partial charge in [0, 0.05) is 44.2 Å². The summed E-state index contributed by atoms with van der Waals surface area (Å²) in [5, 5.41) is 5.19. The summed E-state index contributed by atoms with van der Waals surface area (Å²) >= 11 is 2.05. The lowest BCUT2D eigenvalue weighted by Crippen LogP contribution is -2.58. The minimum absolute atomic E-state index is 0.0396. The van der Waals surface area contributed by atoms with Crippen molar-refractivity contribution in [3.05, 3.63) is 141 Å². The fourth-order valence-electron chi connectivity index (χ4n) is 14.4. The van der Waals surface area contributed by atoms with Crippen LogP contribution in [0.1, 0.15) is 169 Å². The summed E-state index contributed by atoms with van der Waals surface area (Å²) in [6.45, 7) is 34.9. The molecule has 7 aromatic rings. The van der Waals surface area contributed by atoms with Gasteiger partial charge >= 0.3 is 0 Å². The minimum atomic E-state index is 0.0396. The third-order valence-electron chi connectivity index (χ3n) is 19.4. The van der Waals surface area contributed by atoms with E-state index in [9.17, 15) is 0 Å².